The van der Waals surface area contributed by atoms with Gasteiger partial charge in [-0.3, -0.25) is 9.78 Å². The van der Waals surface area contributed by atoms with Gasteiger partial charge in [-0.1, -0.05) is 12.8 Å². The van der Waals surface area contributed by atoms with E-state index in [1.807, 2.05) is 6.92 Å². The van der Waals surface area contributed by atoms with E-state index in [1.165, 1.54) is 7.05 Å². The van der Waals surface area contributed by atoms with Crippen LogP contribution in [0.4, 0.5) is 5.82 Å². The van der Waals surface area contributed by atoms with Crippen LogP contribution in [0.5, 0.6) is 0 Å². The van der Waals surface area contributed by atoms with Crippen molar-refractivity contribution in [3.8, 4) is 11.8 Å². The van der Waals surface area contributed by atoms with Crippen LogP contribution in [0, 0.1) is 17.3 Å². The molecule has 4 rings (SSSR count). The first-order valence-electron chi connectivity index (χ1n) is 10.4. The molecule has 1 amide bonds. The van der Waals surface area contributed by atoms with Gasteiger partial charge in [-0.2, -0.15) is 0 Å². The zero-order valence-corrected chi connectivity index (χ0v) is 18.1. The van der Waals surface area contributed by atoms with E-state index in [9.17, 15) is 15.0 Å². The fourth-order valence-electron chi connectivity index (χ4n) is 4.36. The molecule has 1 fully saturated rings. The van der Waals surface area contributed by atoms with Crippen LogP contribution in [-0.2, 0) is 4.79 Å². The van der Waals surface area contributed by atoms with E-state index in [-0.39, 0.29) is 18.2 Å². The van der Waals surface area contributed by atoms with Gasteiger partial charge in [0.15, 0.2) is 17.0 Å². The number of hydrogen-bond acceptors (Lipinski definition) is 8. The Morgan fingerprint density at radius 1 is 1.25 bits per heavy atom. The number of fused-ring (bicyclic) bond motifs is 1. The highest BCUT2D eigenvalue weighted by molar-refractivity contribution is 5.85. The summed E-state index contributed by atoms with van der Waals surface area (Å²) in [4.78, 5) is 30.0. The standard InChI is InChI=1S/C22H25N7O3/c1-4-22(21(32)24-3)11-14(17(30)18(22)31)29-12-26-16-19(23-2)27-15(28-20(16)29)6-5-13-7-9-25-10-8-13/h7-10,12,14,17-18,30-31H,4,11H2,1-3H3,(H,24,32)(H,23,27,28)/t14-,17+,18+,22?/m1/s1. The van der Waals surface area contributed by atoms with Crippen molar-refractivity contribution in [2.24, 2.45) is 5.41 Å². The van der Waals surface area contributed by atoms with Crippen molar-refractivity contribution < 1.29 is 15.0 Å². The number of hydrogen-bond donors (Lipinski definition) is 4. The summed E-state index contributed by atoms with van der Waals surface area (Å²) in [5.41, 5.74) is 0.648. The lowest BCUT2D eigenvalue weighted by Gasteiger charge is -2.29. The lowest BCUT2D eigenvalue weighted by molar-refractivity contribution is -0.138. The fourth-order valence-corrected chi connectivity index (χ4v) is 4.36. The summed E-state index contributed by atoms with van der Waals surface area (Å²) in [7, 11) is 3.25. The highest BCUT2D eigenvalue weighted by atomic mass is 16.3. The Hall–Kier alpha value is -3.55. The molecule has 10 heteroatoms. The van der Waals surface area contributed by atoms with Gasteiger partial charge >= 0.3 is 0 Å². The van der Waals surface area contributed by atoms with Gasteiger partial charge in [0.2, 0.25) is 11.7 Å². The van der Waals surface area contributed by atoms with Gasteiger partial charge in [-0.15, -0.1) is 0 Å². The maximum absolute atomic E-state index is 12.6. The van der Waals surface area contributed by atoms with Crippen LogP contribution >= 0.6 is 0 Å². The largest absolute Gasteiger partial charge is 0.389 e. The van der Waals surface area contributed by atoms with Crippen molar-refractivity contribution in [1.82, 2.24) is 29.8 Å². The molecule has 4 atom stereocenters. The lowest BCUT2D eigenvalue weighted by atomic mass is 9.80. The Labute approximate surface area is 185 Å². The van der Waals surface area contributed by atoms with E-state index in [0.29, 0.717) is 23.4 Å². The van der Waals surface area contributed by atoms with Crippen LogP contribution in [0.2, 0.25) is 0 Å². The predicted molar refractivity (Wildman–Crippen MR) is 118 cm³/mol. The van der Waals surface area contributed by atoms with Gasteiger partial charge in [-0.25, -0.2) is 15.0 Å². The number of nitrogens with zero attached hydrogens (tertiary/aromatic N) is 5. The number of nitrogens with one attached hydrogen (secondary N) is 2. The quantitative estimate of drug-likeness (QED) is 0.434. The average Bonchev–Trinajstić information content (AvgIpc) is 3.36. The van der Waals surface area contributed by atoms with Gasteiger partial charge < -0.3 is 25.4 Å². The average molecular weight is 435 g/mol. The van der Waals surface area contributed by atoms with Gasteiger partial charge in [-0.05, 0) is 30.9 Å². The number of rotatable bonds is 4. The molecule has 10 nitrogen and oxygen atoms in total. The predicted octanol–water partition coefficient (Wildman–Crippen LogP) is 0.472. The Kier molecular flexibility index (Phi) is 5.78. The van der Waals surface area contributed by atoms with E-state index in [4.69, 9.17) is 0 Å². The zero-order valence-electron chi connectivity index (χ0n) is 18.1. The Balaban J connectivity index is 1.79. The first-order chi connectivity index (χ1) is 15.4. The van der Waals surface area contributed by atoms with E-state index in [2.05, 4.69) is 42.4 Å². The van der Waals surface area contributed by atoms with E-state index < -0.39 is 23.7 Å². The number of carbonyl (C=O) groups is 1. The first kappa shape index (κ1) is 21.7. The third-order valence-corrected chi connectivity index (χ3v) is 6.18. The Morgan fingerprint density at radius 2 is 2.00 bits per heavy atom. The molecule has 166 valence electrons. The number of aliphatic hydroxyl groups is 2. The molecule has 0 saturated heterocycles. The number of pyridine rings is 1. The lowest BCUT2D eigenvalue weighted by Crippen LogP contribution is -2.46. The molecule has 32 heavy (non-hydrogen) atoms. The monoisotopic (exact) mass is 435 g/mol. The molecule has 0 aromatic carbocycles. The third kappa shape index (κ3) is 3.45. The fraction of sp³-hybridized carbons (Fsp3) is 0.409. The van der Waals surface area contributed by atoms with E-state index in [0.717, 1.165) is 5.56 Å². The number of carbonyl (C=O) groups excluding carboxylic acids is 1. The van der Waals surface area contributed by atoms with E-state index >= 15 is 0 Å². The van der Waals surface area contributed by atoms with Gasteiger partial charge in [0.1, 0.15) is 6.10 Å². The number of anilines is 1. The molecule has 4 N–H and O–H groups in total. The number of aliphatic hydroxyl groups excluding tert-OH is 2. The number of imidazole rings is 1. The molecule has 1 unspecified atom stereocenters. The second-order valence-electron chi connectivity index (χ2n) is 7.75. The molecule has 0 spiro atoms. The topological polar surface area (TPSA) is 138 Å². The molecule has 0 bridgehead atoms. The van der Waals surface area contributed by atoms with Crippen LogP contribution < -0.4 is 10.6 Å². The maximum atomic E-state index is 12.6. The molecule has 3 aromatic rings. The van der Waals surface area contributed by atoms with Crippen LogP contribution in [0.3, 0.4) is 0 Å². The van der Waals surface area contributed by atoms with Crippen molar-refractivity contribution in [3.05, 3.63) is 42.2 Å². The van der Waals surface area contributed by atoms with Gasteiger partial charge in [0, 0.05) is 32.1 Å². The summed E-state index contributed by atoms with van der Waals surface area (Å²) in [5.74, 6) is 6.43. The van der Waals surface area contributed by atoms with Crippen LogP contribution in [-0.4, -0.2) is 66.9 Å². The second-order valence-corrected chi connectivity index (χ2v) is 7.75. The molecule has 3 heterocycles. The molecule has 1 aliphatic rings. The highest BCUT2D eigenvalue weighted by Gasteiger charge is 2.56. The van der Waals surface area contributed by atoms with Crippen molar-refractivity contribution >= 4 is 22.9 Å². The number of aromatic nitrogens is 5. The molecule has 1 saturated carbocycles. The minimum Gasteiger partial charge on any atom is -0.389 e. The summed E-state index contributed by atoms with van der Waals surface area (Å²) < 4.78 is 1.70. The minimum atomic E-state index is -1.22. The van der Waals surface area contributed by atoms with Gasteiger partial charge in [0.05, 0.1) is 23.9 Å². The first-order valence-corrected chi connectivity index (χ1v) is 10.4. The summed E-state index contributed by atoms with van der Waals surface area (Å²) in [6.45, 7) is 1.83. The molecule has 3 aromatic heterocycles. The van der Waals surface area contributed by atoms with Crippen molar-refractivity contribution in [3.63, 3.8) is 0 Å². The SMILES string of the molecule is CCC1(C(=O)NC)C[C@@H](n2cnc3c(NC)nc(C#Cc4ccncc4)nc32)[C@H](O)[C@@H]1O. The Morgan fingerprint density at radius 3 is 2.66 bits per heavy atom. The molecule has 1 aliphatic carbocycles. The zero-order chi connectivity index (χ0) is 22.9. The smallest absolute Gasteiger partial charge is 0.228 e. The summed E-state index contributed by atoms with van der Waals surface area (Å²) in [5, 5.41) is 27.3. The molecular weight excluding hydrogens is 410 g/mol. The normalized spacial score (nSPS) is 24.7. The van der Waals surface area contributed by atoms with Crippen LogP contribution in [0.15, 0.2) is 30.9 Å². The molecule has 0 aliphatic heterocycles. The minimum absolute atomic E-state index is 0.244. The Bertz CT molecular complexity index is 1200. The number of amides is 1. The van der Waals surface area contributed by atoms with Crippen molar-refractivity contribution in [2.75, 3.05) is 19.4 Å². The van der Waals surface area contributed by atoms with Crippen LogP contribution in [0.25, 0.3) is 11.2 Å². The van der Waals surface area contributed by atoms with Gasteiger partial charge in [0.25, 0.3) is 0 Å². The summed E-state index contributed by atoms with van der Waals surface area (Å²) in [6, 6.07) is 2.98. The summed E-state index contributed by atoms with van der Waals surface area (Å²) in [6.07, 6.45) is 3.11. The highest BCUT2D eigenvalue weighted by Crippen LogP contribution is 2.47. The van der Waals surface area contributed by atoms with Crippen LogP contribution in [0.1, 0.15) is 37.2 Å². The van der Waals surface area contributed by atoms with Crippen molar-refractivity contribution in [1.29, 1.82) is 0 Å². The molecular formula is C22H25N7O3. The van der Waals surface area contributed by atoms with Crippen molar-refractivity contribution in [2.45, 2.75) is 38.0 Å². The second kappa shape index (κ2) is 8.53. The summed E-state index contributed by atoms with van der Waals surface area (Å²) >= 11 is 0. The third-order valence-electron chi connectivity index (χ3n) is 6.18. The van der Waals surface area contributed by atoms with E-state index in [1.54, 1.807) is 42.5 Å². The maximum Gasteiger partial charge on any atom is 0.228 e. The molecule has 0 radical (unpaired) electrons.